The Morgan fingerprint density at radius 3 is 2.50 bits per heavy atom. The van der Waals surface area contributed by atoms with E-state index < -0.39 is 0 Å². The second-order valence-electron chi connectivity index (χ2n) is 3.33. The first-order chi connectivity index (χ1) is 7.72. The molecule has 0 saturated carbocycles. The van der Waals surface area contributed by atoms with Crippen LogP contribution in [-0.4, -0.2) is 6.29 Å². The van der Waals surface area contributed by atoms with Crippen LogP contribution in [0.15, 0.2) is 46.9 Å². The van der Waals surface area contributed by atoms with Gasteiger partial charge >= 0.3 is 0 Å². The third kappa shape index (κ3) is 2.04. The van der Waals surface area contributed by atoms with Crippen LogP contribution >= 0.6 is 15.9 Å². The van der Waals surface area contributed by atoms with Gasteiger partial charge in [0, 0.05) is 10.0 Å². The van der Waals surface area contributed by atoms with Gasteiger partial charge in [-0.2, -0.15) is 0 Å². The summed E-state index contributed by atoms with van der Waals surface area (Å²) in [5.74, 6) is -0.351. The van der Waals surface area contributed by atoms with Crippen LogP contribution in [-0.2, 0) is 0 Å². The molecule has 0 fully saturated rings. The fourth-order valence-corrected chi connectivity index (χ4v) is 2.04. The van der Waals surface area contributed by atoms with Gasteiger partial charge in [-0.25, -0.2) is 4.39 Å². The minimum Gasteiger partial charge on any atom is -0.298 e. The molecule has 0 N–H and O–H groups in total. The summed E-state index contributed by atoms with van der Waals surface area (Å²) in [6.45, 7) is 0. The van der Waals surface area contributed by atoms with Crippen LogP contribution in [0.1, 0.15) is 10.4 Å². The Labute approximate surface area is 101 Å². The first kappa shape index (κ1) is 11.0. The highest BCUT2D eigenvalue weighted by Gasteiger charge is 2.08. The van der Waals surface area contributed by atoms with Crippen molar-refractivity contribution in [1.82, 2.24) is 0 Å². The van der Waals surface area contributed by atoms with E-state index in [1.54, 1.807) is 0 Å². The maximum Gasteiger partial charge on any atom is 0.150 e. The van der Waals surface area contributed by atoms with Crippen molar-refractivity contribution in [2.45, 2.75) is 0 Å². The molecule has 3 heteroatoms. The van der Waals surface area contributed by atoms with E-state index in [2.05, 4.69) is 15.9 Å². The van der Waals surface area contributed by atoms with Crippen molar-refractivity contribution in [3.63, 3.8) is 0 Å². The number of hydrogen-bond acceptors (Lipinski definition) is 1. The van der Waals surface area contributed by atoms with E-state index in [0.29, 0.717) is 11.1 Å². The fraction of sp³-hybridized carbons (Fsp3) is 0. The second-order valence-corrected chi connectivity index (χ2v) is 4.18. The smallest absolute Gasteiger partial charge is 0.150 e. The summed E-state index contributed by atoms with van der Waals surface area (Å²) in [5, 5.41) is 0. The highest BCUT2D eigenvalue weighted by atomic mass is 79.9. The zero-order chi connectivity index (χ0) is 11.5. The molecule has 16 heavy (non-hydrogen) atoms. The van der Waals surface area contributed by atoms with Crippen LogP contribution in [0.2, 0.25) is 0 Å². The molecule has 0 aliphatic heterocycles. The number of rotatable bonds is 2. The highest BCUT2D eigenvalue weighted by molar-refractivity contribution is 9.10. The van der Waals surface area contributed by atoms with E-state index in [-0.39, 0.29) is 5.82 Å². The lowest BCUT2D eigenvalue weighted by Crippen LogP contribution is -1.89. The van der Waals surface area contributed by atoms with Gasteiger partial charge in [-0.1, -0.05) is 34.1 Å². The molecule has 1 nitrogen and oxygen atoms in total. The third-order valence-electron chi connectivity index (χ3n) is 2.31. The van der Waals surface area contributed by atoms with Crippen LogP contribution < -0.4 is 0 Å². The molecule has 0 atom stereocenters. The van der Waals surface area contributed by atoms with Gasteiger partial charge in [0.05, 0.1) is 0 Å². The lowest BCUT2D eigenvalue weighted by molar-refractivity contribution is 0.112. The average Bonchev–Trinajstić information content (AvgIpc) is 2.29. The molecule has 0 amide bonds. The Morgan fingerprint density at radius 1 is 1.06 bits per heavy atom. The molecule has 2 rings (SSSR count). The van der Waals surface area contributed by atoms with Crippen molar-refractivity contribution in [3.05, 3.63) is 58.3 Å². The Hall–Kier alpha value is -1.48. The number of hydrogen-bond donors (Lipinski definition) is 0. The predicted molar refractivity (Wildman–Crippen MR) is 64.9 cm³/mol. The molecule has 0 aromatic heterocycles. The molecule has 0 aliphatic carbocycles. The molecular weight excluding hydrogens is 271 g/mol. The fourth-order valence-electron chi connectivity index (χ4n) is 1.54. The zero-order valence-corrected chi connectivity index (χ0v) is 9.87. The van der Waals surface area contributed by atoms with Crippen molar-refractivity contribution in [3.8, 4) is 11.1 Å². The third-order valence-corrected chi connectivity index (χ3v) is 3.00. The molecule has 0 saturated heterocycles. The maximum absolute atomic E-state index is 13.2. The number of aldehydes is 1. The van der Waals surface area contributed by atoms with Crippen molar-refractivity contribution in [1.29, 1.82) is 0 Å². The molecule has 2 aromatic rings. The van der Waals surface area contributed by atoms with Gasteiger partial charge in [-0.15, -0.1) is 0 Å². The molecule has 0 heterocycles. The van der Waals surface area contributed by atoms with E-state index in [1.165, 1.54) is 18.2 Å². The van der Waals surface area contributed by atoms with E-state index in [9.17, 15) is 9.18 Å². The van der Waals surface area contributed by atoms with Crippen molar-refractivity contribution in [2.75, 3.05) is 0 Å². The van der Waals surface area contributed by atoms with Crippen LogP contribution in [0.3, 0.4) is 0 Å². The lowest BCUT2D eigenvalue weighted by Gasteiger charge is -2.07. The van der Waals surface area contributed by atoms with E-state index in [1.807, 2.05) is 24.3 Å². The van der Waals surface area contributed by atoms with Crippen molar-refractivity contribution < 1.29 is 9.18 Å². The van der Waals surface area contributed by atoms with Gasteiger partial charge in [-0.05, 0) is 35.4 Å². The first-order valence-corrected chi connectivity index (χ1v) is 5.51. The quantitative estimate of drug-likeness (QED) is 0.757. The summed E-state index contributed by atoms with van der Waals surface area (Å²) in [4.78, 5) is 10.9. The van der Waals surface area contributed by atoms with Gasteiger partial charge in [0.1, 0.15) is 5.82 Å². The summed E-state index contributed by atoms with van der Waals surface area (Å²) >= 11 is 3.38. The van der Waals surface area contributed by atoms with E-state index in [4.69, 9.17) is 0 Å². The minimum atomic E-state index is -0.351. The van der Waals surface area contributed by atoms with Gasteiger partial charge in [-0.3, -0.25) is 4.79 Å². The van der Waals surface area contributed by atoms with E-state index in [0.717, 1.165) is 16.3 Å². The molecule has 2 aromatic carbocycles. The minimum absolute atomic E-state index is 0.351. The molecular formula is C13H8BrFO. The number of benzene rings is 2. The summed E-state index contributed by atoms with van der Waals surface area (Å²) in [6, 6.07) is 11.5. The Morgan fingerprint density at radius 2 is 1.81 bits per heavy atom. The monoisotopic (exact) mass is 278 g/mol. The molecule has 0 aliphatic rings. The summed E-state index contributed by atoms with van der Waals surface area (Å²) in [7, 11) is 0. The molecule has 0 unspecified atom stereocenters. The predicted octanol–water partition coefficient (Wildman–Crippen LogP) is 4.07. The normalized spacial score (nSPS) is 10.1. The second kappa shape index (κ2) is 4.58. The van der Waals surface area contributed by atoms with Gasteiger partial charge in [0.15, 0.2) is 6.29 Å². The van der Waals surface area contributed by atoms with Crippen molar-refractivity contribution in [2.24, 2.45) is 0 Å². The average molecular weight is 279 g/mol. The first-order valence-electron chi connectivity index (χ1n) is 4.72. The summed E-state index contributed by atoms with van der Waals surface area (Å²) in [5.41, 5.74) is 1.89. The van der Waals surface area contributed by atoms with Crippen molar-refractivity contribution >= 4 is 22.2 Å². The maximum atomic E-state index is 13.2. The molecule has 0 radical (unpaired) electrons. The molecule has 0 spiro atoms. The summed E-state index contributed by atoms with van der Waals surface area (Å²) < 4.78 is 14.0. The topological polar surface area (TPSA) is 17.1 Å². The number of carbonyl (C=O) groups excluding carboxylic acids is 1. The highest BCUT2D eigenvalue weighted by Crippen LogP contribution is 2.30. The van der Waals surface area contributed by atoms with E-state index >= 15 is 0 Å². The van der Waals surface area contributed by atoms with Crippen LogP contribution in [0, 0.1) is 5.82 Å². The van der Waals surface area contributed by atoms with Gasteiger partial charge in [0.2, 0.25) is 0 Å². The Bertz CT molecular complexity index is 537. The number of carbonyl (C=O) groups is 1. The summed E-state index contributed by atoms with van der Waals surface area (Å²) in [6.07, 6.45) is 0.730. The van der Waals surface area contributed by atoms with Gasteiger partial charge in [0.25, 0.3) is 0 Å². The van der Waals surface area contributed by atoms with Crippen LogP contribution in [0.4, 0.5) is 4.39 Å². The molecule has 80 valence electrons. The Balaban J connectivity index is 2.67. The standard InChI is InChI=1S/C13H8BrFO/c14-13-4-2-1-3-11(13)12-7-10(15)6-5-9(12)8-16/h1-8H. The lowest BCUT2D eigenvalue weighted by atomic mass is 10.0. The number of halogens is 2. The largest absolute Gasteiger partial charge is 0.298 e. The van der Waals surface area contributed by atoms with Crippen LogP contribution in [0.25, 0.3) is 11.1 Å². The molecule has 0 bridgehead atoms. The SMILES string of the molecule is O=Cc1ccc(F)cc1-c1ccccc1Br. The van der Waals surface area contributed by atoms with Gasteiger partial charge < -0.3 is 0 Å². The van der Waals surface area contributed by atoms with Crippen LogP contribution in [0.5, 0.6) is 0 Å². The Kier molecular flexibility index (Phi) is 3.15. The zero-order valence-electron chi connectivity index (χ0n) is 8.28.